The molecule has 1 amide bonds. The number of aromatic nitrogens is 1. The van der Waals surface area contributed by atoms with Gasteiger partial charge < -0.3 is 15.0 Å². The lowest BCUT2D eigenvalue weighted by Gasteiger charge is -2.43. The van der Waals surface area contributed by atoms with Gasteiger partial charge in [0.2, 0.25) is 0 Å². The molecule has 23 heavy (non-hydrogen) atoms. The molecule has 4 rings (SSSR count). The van der Waals surface area contributed by atoms with E-state index in [1.165, 1.54) is 0 Å². The maximum absolute atomic E-state index is 14.4. The fraction of sp³-hybridized carbons (Fsp3) is 0.471. The molecule has 0 spiro atoms. The highest BCUT2D eigenvalue weighted by molar-refractivity contribution is 5.88. The van der Waals surface area contributed by atoms with Crippen molar-refractivity contribution >= 4 is 16.8 Å². The zero-order valence-corrected chi connectivity index (χ0v) is 12.6. The third-order valence-electron chi connectivity index (χ3n) is 5.20. The van der Waals surface area contributed by atoms with E-state index < -0.39 is 17.4 Å². The Morgan fingerprint density at radius 2 is 2.04 bits per heavy atom. The minimum atomic E-state index is -3.71. The molecule has 0 bridgehead atoms. The first-order valence-electron chi connectivity index (χ1n) is 7.90. The van der Waals surface area contributed by atoms with E-state index >= 15 is 0 Å². The molecule has 0 atom stereocenters. The number of fused-ring (bicyclic) bond motifs is 3. The van der Waals surface area contributed by atoms with Gasteiger partial charge in [-0.3, -0.25) is 4.79 Å². The summed E-state index contributed by atoms with van der Waals surface area (Å²) in [6.07, 6.45) is 1.04. The van der Waals surface area contributed by atoms with E-state index in [-0.39, 0.29) is 25.9 Å². The van der Waals surface area contributed by atoms with Crippen LogP contribution in [0, 0.1) is 0 Å². The molecule has 122 valence electrons. The summed E-state index contributed by atoms with van der Waals surface area (Å²) in [5, 5.41) is 11.0. The number of nitrogens with one attached hydrogen (secondary N) is 1. The third kappa shape index (κ3) is 2.01. The molecular weight excluding hydrogens is 302 g/mol. The van der Waals surface area contributed by atoms with Gasteiger partial charge in [-0.05, 0) is 37.3 Å². The van der Waals surface area contributed by atoms with Crippen LogP contribution in [-0.4, -0.2) is 39.0 Å². The lowest BCUT2D eigenvalue weighted by Crippen LogP contribution is -2.61. The van der Waals surface area contributed by atoms with Crippen molar-refractivity contribution in [3.63, 3.8) is 0 Å². The molecule has 1 aromatic carbocycles. The van der Waals surface area contributed by atoms with Gasteiger partial charge in [-0.1, -0.05) is 18.2 Å². The Morgan fingerprint density at radius 1 is 1.30 bits per heavy atom. The van der Waals surface area contributed by atoms with Crippen LogP contribution in [0.2, 0.25) is 0 Å². The number of amides is 1. The second-order valence-electron chi connectivity index (χ2n) is 6.56. The predicted molar refractivity (Wildman–Crippen MR) is 81.2 cm³/mol. The van der Waals surface area contributed by atoms with Crippen LogP contribution in [0.4, 0.5) is 8.78 Å². The molecule has 1 aromatic heterocycles. The highest BCUT2D eigenvalue weighted by atomic mass is 19.3. The van der Waals surface area contributed by atoms with Crippen molar-refractivity contribution < 1.29 is 18.7 Å². The number of halogens is 2. The molecule has 2 N–H and O–H groups in total. The van der Waals surface area contributed by atoms with Crippen molar-refractivity contribution in [2.45, 2.75) is 43.8 Å². The smallest absolute Gasteiger partial charge is 0.352 e. The maximum atomic E-state index is 14.4. The minimum Gasteiger partial charge on any atom is -0.383 e. The van der Waals surface area contributed by atoms with E-state index in [4.69, 9.17) is 0 Å². The number of carbonyl (C=O) groups excluding carboxylic acids is 1. The average molecular weight is 320 g/mol. The Hall–Kier alpha value is -1.95. The molecule has 4 nitrogen and oxygen atoms in total. The van der Waals surface area contributed by atoms with Gasteiger partial charge in [-0.2, -0.15) is 8.78 Å². The summed E-state index contributed by atoms with van der Waals surface area (Å²) in [5.74, 6) is -4.97. The SMILES string of the molecule is O=C(N1CCc2c([nH]c3ccccc23)C1)C(F)(F)C1(O)CCC1. The number of alkyl halides is 2. The molecule has 1 aliphatic heterocycles. The summed E-state index contributed by atoms with van der Waals surface area (Å²) < 4.78 is 28.7. The number of nitrogens with zero attached hydrogens (tertiary/aromatic N) is 1. The van der Waals surface area contributed by atoms with E-state index in [1.54, 1.807) is 0 Å². The lowest BCUT2D eigenvalue weighted by molar-refractivity contribution is -0.224. The van der Waals surface area contributed by atoms with Crippen LogP contribution >= 0.6 is 0 Å². The van der Waals surface area contributed by atoms with Gasteiger partial charge in [0.1, 0.15) is 5.60 Å². The van der Waals surface area contributed by atoms with E-state index in [9.17, 15) is 18.7 Å². The van der Waals surface area contributed by atoms with Crippen molar-refractivity contribution in [2.75, 3.05) is 6.54 Å². The molecule has 0 saturated heterocycles. The van der Waals surface area contributed by atoms with Crippen LogP contribution in [0.5, 0.6) is 0 Å². The quantitative estimate of drug-likeness (QED) is 0.894. The number of carbonyl (C=O) groups is 1. The molecule has 1 aliphatic carbocycles. The van der Waals surface area contributed by atoms with Crippen molar-refractivity contribution in [1.82, 2.24) is 9.88 Å². The fourth-order valence-corrected chi connectivity index (χ4v) is 3.59. The monoisotopic (exact) mass is 320 g/mol. The summed E-state index contributed by atoms with van der Waals surface area (Å²) in [4.78, 5) is 16.7. The summed E-state index contributed by atoms with van der Waals surface area (Å²) >= 11 is 0. The topological polar surface area (TPSA) is 56.3 Å². The van der Waals surface area contributed by atoms with Gasteiger partial charge in [0.15, 0.2) is 0 Å². The lowest BCUT2D eigenvalue weighted by atomic mass is 9.75. The Labute approximate surface area is 132 Å². The molecule has 2 heterocycles. The van der Waals surface area contributed by atoms with Gasteiger partial charge in [0.25, 0.3) is 5.91 Å². The Bertz CT molecular complexity index is 780. The number of H-pyrrole nitrogens is 1. The van der Waals surface area contributed by atoms with E-state index in [2.05, 4.69) is 4.98 Å². The number of para-hydroxylation sites is 1. The number of aromatic amines is 1. The van der Waals surface area contributed by atoms with Gasteiger partial charge >= 0.3 is 5.92 Å². The summed E-state index contributed by atoms with van der Waals surface area (Å²) in [5.41, 5.74) is 0.693. The summed E-state index contributed by atoms with van der Waals surface area (Å²) in [6, 6.07) is 7.78. The van der Waals surface area contributed by atoms with Crippen LogP contribution in [0.25, 0.3) is 10.9 Å². The average Bonchev–Trinajstić information content (AvgIpc) is 2.89. The zero-order chi connectivity index (χ0) is 16.2. The van der Waals surface area contributed by atoms with Gasteiger partial charge in [-0.25, -0.2) is 0 Å². The summed E-state index contributed by atoms with van der Waals surface area (Å²) in [6.45, 7) is 0.383. The van der Waals surface area contributed by atoms with E-state index in [1.807, 2.05) is 24.3 Å². The van der Waals surface area contributed by atoms with Gasteiger partial charge in [0.05, 0.1) is 6.54 Å². The van der Waals surface area contributed by atoms with Crippen molar-refractivity contribution in [2.24, 2.45) is 0 Å². The molecule has 0 radical (unpaired) electrons. The molecule has 6 heteroatoms. The fourth-order valence-electron chi connectivity index (χ4n) is 3.59. The Morgan fingerprint density at radius 3 is 2.74 bits per heavy atom. The van der Waals surface area contributed by atoms with Gasteiger partial charge in [-0.15, -0.1) is 0 Å². The molecule has 0 unspecified atom stereocenters. The Balaban J connectivity index is 1.61. The number of rotatable bonds is 2. The molecule has 1 saturated carbocycles. The molecule has 1 fully saturated rings. The Kier molecular flexibility index (Phi) is 3.04. The number of hydrogen-bond donors (Lipinski definition) is 2. The van der Waals surface area contributed by atoms with Crippen LogP contribution in [-0.2, 0) is 17.8 Å². The first kappa shape index (κ1) is 14.6. The van der Waals surface area contributed by atoms with Crippen LogP contribution in [0.3, 0.4) is 0 Å². The van der Waals surface area contributed by atoms with Gasteiger partial charge in [0, 0.05) is 23.1 Å². The van der Waals surface area contributed by atoms with Crippen molar-refractivity contribution in [3.8, 4) is 0 Å². The highest BCUT2D eigenvalue weighted by Gasteiger charge is 2.62. The summed E-state index contributed by atoms with van der Waals surface area (Å²) in [7, 11) is 0. The minimum absolute atomic E-state index is 0.0166. The second-order valence-corrected chi connectivity index (χ2v) is 6.56. The normalized spacial score (nSPS) is 20.2. The molecular formula is C17H18F2N2O2. The maximum Gasteiger partial charge on any atom is 0.352 e. The largest absolute Gasteiger partial charge is 0.383 e. The predicted octanol–water partition coefficient (Wildman–Crippen LogP) is 2.60. The standard InChI is InChI=1S/C17H18F2N2O2/c18-17(19,16(23)7-3-8-16)15(22)21-9-6-12-11-4-1-2-5-13(11)20-14(12)10-21/h1-2,4-5,20,23H,3,6-10H2. The first-order chi connectivity index (χ1) is 10.9. The number of benzene rings is 1. The van der Waals surface area contributed by atoms with Crippen molar-refractivity contribution in [3.05, 3.63) is 35.5 Å². The molecule has 2 aromatic rings. The van der Waals surface area contributed by atoms with E-state index in [0.29, 0.717) is 12.8 Å². The van der Waals surface area contributed by atoms with Crippen LogP contribution in [0.15, 0.2) is 24.3 Å². The van der Waals surface area contributed by atoms with Crippen LogP contribution in [0.1, 0.15) is 30.5 Å². The zero-order valence-electron chi connectivity index (χ0n) is 12.6. The number of hydrogen-bond acceptors (Lipinski definition) is 2. The van der Waals surface area contributed by atoms with Crippen LogP contribution < -0.4 is 0 Å². The van der Waals surface area contributed by atoms with E-state index in [0.717, 1.165) is 27.1 Å². The number of aliphatic hydroxyl groups is 1. The van der Waals surface area contributed by atoms with Crippen molar-refractivity contribution in [1.29, 1.82) is 0 Å². The highest BCUT2D eigenvalue weighted by Crippen LogP contribution is 2.45. The first-order valence-corrected chi connectivity index (χ1v) is 7.90. The molecule has 2 aliphatic rings. The second kappa shape index (κ2) is 4.77. The third-order valence-corrected chi connectivity index (χ3v) is 5.20.